The first-order valence-electron chi connectivity index (χ1n) is 4.19. The summed E-state index contributed by atoms with van der Waals surface area (Å²) in [6, 6.07) is 0. The van der Waals surface area contributed by atoms with Gasteiger partial charge in [-0.1, -0.05) is 40.1 Å². The molecule has 3 heteroatoms. The topological polar surface area (TPSA) is 17.1 Å². The number of ketones is 1. The Hall–Kier alpha value is -0.460. The van der Waals surface area contributed by atoms with E-state index in [2.05, 4.69) is 6.58 Å². The molecule has 0 aromatic heterocycles. The largest absolute Gasteiger partial charge is 0.295 e. The van der Waals surface area contributed by atoms with Crippen molar-refractivity contribution in [2.45, 2.75) is 46.8 Å². The van der Waals surface area contributed by atoms with Crippen molar-refractivity contribution in [1.82, 2.24) is 0 Å². The lowest BCUT2D eigenvalue weighted by Crippen LogP contribution is -2.29. The average Bonchev–Trinajstić information content (AvgIpc) is 1.85. The van der Waals surface area contributed by atoms with Crippen LogP contribution in [0, 0.1) is 0 Å². The molecule has 0 aromatic carbocycles. The third kappa shape index (κ3) is 5.73. The SMILES string of the molecule is C.[B]B(CC(=O)C(=C)C)C(C)(C)C. The second-order valence-electron chi connectivity index (χ2n) is 4.38. The van der Waals surface area contributed by atoms with Gasteiger partial charge in [-0.25, -0.2) is 0 Å². The van der Waals surface area contributed by atoms with Crippen molar-refractivity contribution < 1.29 is 4.79 Å². The number of carbonyl (C=O) groups is 1. The molecule has 0 aliphatic carbocycles. The first kappa shape index (κ1) is 15.0. The Balaban J connectivity index is 0. The number of hydrogen-bond acceptors (Lipinski definition) is 1. The van der Waals surface area contributed by atoms with Crippen LogP contribution in [-0.4, -0.2) is 20.1 Å². The molecule has 0 bridgehead atoms. The van der Waals surface area contributed by atoms with E-state index in [1.807, 2.05) is 20.8 Å². The Morgan fingerprint density at radius 2 is 1.85 bits per heavy atom. The van der Waals surface area contributed by atoms with Crippen molar-refractivity contribution in [2.24, 2.45) is 0 Å². The lowest BCUT2D eigenvalue weighted by molar-refractivity contribution is -0.113. The van der Waals surface area contributed by atoms with E-state index in [1.54, 1.807) is 6.92 Å². The summed E-state index contributed by atoms with van der Waals surface area (Å²) in [6.07, 6.45) is 0.402. The van der Waals surface area contributed by atoms with E-state index in [-0.39, 0.29) is 25.1 Å². The van der Waals surface area contributed by atoms with Crippen molar-refractivity contribution in [1.29, 1.82) is 0 Å². The molecule has 0 saturated carbocycles. The Morgan fingerprint density at radius 3 is 2.08 bits per heavy atom. The zero-order chi connectivity index (χ0) is 9.94. The lowest BCUT2D eigenvalue weighted by Gasteiger charge is -2.24. The minimum absolute atomic E-state index is 0. The molecular formula is C10H20B2O. The van der Waals surface area contributed by atoms with Crippen LogP contribution in [0.5, 0.6) is 0 Å². The van der Waals surface area contributed by atoms with Crippen LogP contribution in [0.4, 0.5) is 0 Å². The van der Waals surface area contributed by atoms with Crippen molar-refractivity contribution in [3.63, 3.8) is 0 Å². The number of hydrogen-bond donors (Lipinski definition) is 0. The van der Waals surface area contributed by atoms with E-state index < -0.39 is 0 Å². The minimum Gasteiger partial charge on any atom is -0.295 e. The number of rotatable bonds is 3. The van der Waals surface area contributed by atoms with E-state index in [0.717, 1.165) is 0 Å². The van der Waals surface area contributed by atoms with Crippen molar-refractivity contribution in [3.8, 4) is 0 Å². The highest BCUT2D eigenvalue weighted by Crippen LogP contribution is 2.27. The molecule has 0 aromatic rings. The van der Waals surface area contributed by atoms with Gasteiger partial charge in [0.1, 0.15) is 12.4 Å². The Kier molecular flexibility index (Phi) is 6.14. The standard InChI is InChI=1S/C9H16B2O.CH4/c1-7(2)8(12)6-11(10)9(3,4)5;/h1,6H2,2-5H3;1H4. The molecule has 0 spiro atoms. The van der Waals surface area contributed by atoms with Gasteiger partial charge in [-0.05, 0) is 18.8 Å². The first-order chi connectivity index (χ1) is 5.25. The molecule has 0 N–H and O–H groups in total. The van der Waals surface area contributed by atoms with E-state index in [9.17, 15) is 4.79 Å². The summed E-state index contributed by atoms with van der Waals surface area (Å²) in [5, 5.41) is -0.00882. The highest BCUT2D eigenvalue weighted by molar-refractivity contribution is 7.06. The predicted molar refractivity (Wildman–Crippen MR) is 62.6 cm³/mol. The molecule has 13 heavy (non-hydrogen) atoms. The van der Waals surface area contributed by atoms with E-state index in [1.165, 1.54) is 0 Å². The maximum Gasteiger partial charge on any atom is 0.150 e. The summed E-state index contributed by atoms with van der Waals surface area (Å²) in [4.78, 5) is 11.2. The van der Waals surface area contributed by atoms with Gasteiger partial charge < -0.3 is 0 Å². The number of allylic oxidation sites excluding steroid dienone is 1. The fourth-order valence-electron chi connectivity index (χ4n) is 0.680. The molecule has 0 aliphatic heterocycles. The van der Waals surface area contributed by atoms with Crippen molar-refractivity contribution in [2.75, 3.05) is 0 Å². The molecule has 0 saturated heterocycles. The summed E-state index contributed by atoms with van der Waals surface area (Å²) < 4.78 is 0. The van der Waals surface area contributed by atoms with E-state index >= 15 is 0 Å². The van der Waals surface area contributed by atoms with Crippen LogP contribution in [0.3, 0.4) is 0 Å². The molecule has 0 rings (SSSR count). The molecule has 72 valence electrons. The quantitative estimate of drug-likeness (QED) is 0.479. The second kappa shape index (κ2) is 5.31. The first-order valence-corrected chi connectivity index (χ1v) is 4.19. The average molecular weight is 178 g/mol. The van der Waals surface area contributed by atoms with Gasteiger partial charge in [-0.2, -0.15) is 0 Å². The van der Waals surface area contributed by atoms with Crippen LogP contribution in [0.2, 0.25) is 11.6 Å². The number of carbonyl (C=O) groups excluding carboxylic acids is 1. The van der Waals surface area contributed by atoms with E-state index in [4.69, 9.17) is 7.74 Å². The molecular weight excluding hydrogens is 158 g/mol. The van der Waals surface area contributed by atoms with Gasteiger partial charge in [0.2, 0.25) is 0 Å². The van der Waals surface area contributed by atoms with Crippen LogP contribution in [0.25, 0.3) is 0 Å². The van der Waals surface area contributed by atoms with Gasteiger partial charge >= 0.3 is 0 Å². The summed E-state index contributed by atoms with van der Waals surface area (Å²) in [5.74, 6) is 0.0671. The Labute approximate surface area is 84.5 Å². The van der Waals surface area contributed by atoms with Crippen LogP contribution in [0.1, 0.15) is 35.1 Å². The minimum atomic E-state index is -0.0818. The molecule has 2 radical (unpaired) electrons. The third-order valence-corrected chi connectivity index (χ3v) is 1.99. The van der Waals surface area contributed by atoms with Crippen LogP contribution >= 0.6 is 0 Å². The van der Waals surface area contributed by atoms with Crippen LogP contribution in [0.15, 0.2) is 12.2 Å². The van der Waals surface area contributed by atoms with Gasteiger partial charge in [-0.15, -0.1) is 0 Å². The van der Waals surface area contributed by atoms with Gasteiger partial charge in [0, 0.05) is 7.74 Å². The third-order valence-electron chi connectivity index (χ3n) is 1.99. The van der Waals surface area contributed by atoms with Gasteiger partial charge in [0.05, 0.1) is 0 Å². The van der Waals surface area contributed by atoms with Crippen molar-refractivity contribution >= 4 is 20.1 Å². The molecule has 0 amide bonds. The smallest absolute Gasteiger partial charge is 0.150 e. The Bertz CT molecular complexity index is 192. The zero-order valence-corrected chi connectivity index (χ0v) is 8.48. The number of Topliss-reactive ketones (excluding diaryl/α,β-unsaturated/α-hetero) is 1. The Morgan fingerprint density at radius 1 is 1.46 bits per heavy atom. The van der Waals surface area contributed by atoms with Crippen molar-refractivity contribution in [3.05, 3.63) is 12.2 Å². The van der Waals surface area contributed by atoms with Crippen LogP contribution in [-0.2, 0) is 4.79 Å². The van der Waals surface area contributed by atoms with Gasteiger partial charge in [0.15, 0.2) is 0 Å². The monoisotopic (exact) mass is 178 g/mol. The fourth-order valence-corrected chi connectivity index (χ4v) is 0.680. The second-order valence-corrected chi connectivity index (χ2v) is 4.38. The molecule has 0 fully saturated rings. The molecule has 1 nitrogen and oxygen atoms in total. The summed E-state index contributed by atoms with van der Waals surface area (Å²) in [7, 11) is 5.83. The predicted octanol–water partition coefficient (Wildman–Crippen LogP) is 2.73. The maximum atomic E-state index is 11.2. The molecule has 0 atom stereocenters. The van der Waals surface area contributed by atoms with Gasteiger partial charge in [-0.3, -0.25) is 4.79 Å². The van der Waals surface area contributed by atoms with Crippen LogP contribution < -0.4 is 0 Å². The van der Waals surface area contributed by atoms with Gasteiger partial charge in [0.25, 0.3) is 0 Å². The molecule has 0 unspecified atom stereocenters. The van der Waals surface area contributed by atoms with E-state index in [0.29, 0.717) is 11.9 Å². The zero-order valence-electron chi connectivity index (χ0n) is 8.48. The normalized spacial score (nSPS) is 10.2. The molecule has 0 heterocycles. The maximum absolute atomic E-state index is 11.2. The highest BCUT2D eigenvalue weighted by atomic mass is 16.1. The summed E-state index contributed by atoms with van der Waals surface area (Å²) >= 11 is 0. The fraction of sp³-hybridized carbons (Fsp3) is 0.700. The highest BCUT2D eigenvalue weighted by Gasteiger charge is 2.24. The summed E-state index contributed by atoms with van der Waals surface area (Å²) in [5.41, 5.74) is 0.592. The molecule has 0 aliphatic rings. The lowest BCUT2D eigenvalue weighted by atomic mass is 9.20. The summed E-state index contributed by atoms with van der Waals surface area (Å²) in [6.45, 7) is 11.3.